The fourth-order valence-corrected chi connectivity index (χ4v) is 5.16. The number of ether oxygens (including phenoxy) is 1. The maximum Gasteiger partial charge on any atom is 0.205 e. The molecule has 2 aliphatic rings. The number of hydrogen-bond acceptors (Lipinski definition) is 5. The molecule has 0 spiro atoms. The second-order valence-electron chi connectivity index (χ2n) is 7.65. The third-order valence-corrected chi connectivity index (χ3v) is 6.69. The molecule has 2 atom stereocenters. The second-order valence-corrected chi connectivity index (χ2v) is 8.66. The molecule has 0 amide bonds. The minimum absolute atomic E-state index is 0.343. The van der Waals surface area contributed by atoms with Crippen LogP contribution in [-0.2, 0) is 11.3 Å². The summed E-state index contributed by atoms with van der Waals surface area (Å²) in [6, 6.07) is 19.4. The Labute approximate surface area is 170 Å². The van der Waals surface area contributed by atoms with Crippen LogP contribution in [0.3, 0.4) is 0 Å². The van der Waals surface area contributed by atoms with Gasteiger partial charge in [-0.15, -0.1) is 0 Å². The molecule has 0 saturated carbocycles. The Morgan fingerprint density at radius 1 is 1.11 bits per heavy atom. The van der Waals surface area contributed by atoms with Gasteiger partial charge in [-0.2, -0.15) is 0 Å². The first kappa shape index (κ1) is 17.9. The Morgan fingerprint density at radius 2 is 1.93 bits per heavy atom. The quantitative estimate of drug-likeness (QED) is 0.584. The summed E-state index contributed by atoms with van der Waals surface area (Å²) in [5.74, 6) is 0. The molecule has 0 N–H and O–H groups in total. The van der Waals surface area contributed by atoms with Crippen molar-refractivity contribution in [1.29, 1.82) is 0 Å². The van der Waals surface area contributed by atoms with Crippen LogP contribution in [0.4, 0.5) is 5.13 Å². The Morgan fingerprint density at radius 3 is 2.71 bits per heavy atom. The lowest BCUT2D eigenvalue weighted by atomic mass is 10.0. The zero-order chi connectivity index (χ0) is 18.9. The third-order valence-electron chi connectivity index (χ3n) is 5.66. The van der Waals surface area contributed by atoms with E-state index in [0.29, 0.717) is 12.1 Å². The van der Waals surface area contributed by atoms with Crippen molar-refractivity contribution in [3.8, 4) is 0 Å². The van der Waals surface area contributed by atoms with Crippen LogP contribution in [0.25, 0.3) is 10.2 Å². The maximum atomic E-state index is 5.97. The molecule has 2 unspecified atom stereocenters. The van der Waals surface area contributed by atoms with E-state index in [-0.39, 0.29) is 0 Å². The third kappa shape index (κ3) is 3.46. The van der Waals surface area contributed by atoms with Crippen molar-refractivity contribution in [2.75, 3.05) is 11.6 Å². The molecule has 1 aromatic heterocycles. The van der Waals surface area contributed by atoms with Crippen LogP contribution >= 0.6 is 11.3 Å². The molecule has 1 fully saturated rings. The highest BCUT2D eigenvalue weighted by Gasteiger charge is 2.35. The highest BCUT2D eigenvalue weighted by Crippen LogP contribution is 2.37. The van der Waals surface area contributed by atoms with Gasteiger partial charge in [0.05, 0.1) is 22.4 Å². The summed E-state index contributed by atoms with van der Waals surface area (Å²) < 4.78 is 7.19. The smallest absolute Gasteiger partial charge is 0.205 e. The van der Waals surface area contributed by atoms with Gasteiger partial charge in [-0.1, -0.05) is 53.8 Å². The van der Waals surface area contributed by atoms with Gasteiger partial charge in [-0.25, -0.2) is 9.99 Å². The van der Waals surface area contributed by atoms with E-state index in [1.807, 2.05) is 0 Å². The van der Waals surface area contributed by atoms with Crippen LogP contribution in [0.1, 0.15) is 31.7 Å². The Balaban J connectivity index is 1.48. The molecular formula is C23H25N3OS. The van der Waals surface area contributed by atoms with Gasteiger partial charge in [0, 0.05) is 19.4 Å². The molecule has 0 aliphatic carbocycles. The van der Waals surface area contributed by atoms with Crippen molar-refractivity contribution in [3.05, 3.63) is 71.9 Å². The molecular weight excluding hydrogens is 366 g/mol. The van der Waals surface area contributed by atoms with Gasteiger partial charge < -0.3 is 4.74 Å². The van der Waals surface area contributed by atoms with Gasteiger partial charge in [0.2, 0.25) is 5.13 Å². The monoisotopic (exact) mass is 391 g/mol. The molecule has 5 heteroatoms. The number of rotatable bonds is 5. The second kappa shape index (κ2) is 7.66. The molecule has 144 valence electrons. The fourth-order valence-electron chi connectivity index (χ4n) is 4.21. The molecule has 1 saturated heterocycles. The van der Waals surface area contributed by atoms with E-state index in [9.17, 15) is 0 Å². The van der Waals surface area contributed by atoms with Crippen LogP contribution in [0.2, 0.25) is 0 Å². The van der Waals surface area contributed by atoms with E-state index in [1.54, 1.807) is 11.3 Å². The number of fused-ring (bicyclic) bond motifs is 1. The normalized spacial score (nSPS) is 22.9. The van der Waals surface area contributed by atoms with E-state index in [0.717, 1.165) is 30.2 Å². The van der Waals surface area contributed by atoms with Crippen molar-refractivity contribution >= 4 is 26.7 Å². The van der Waals surface area contributed by atoms with Gasteiger partial charge in [-0.05, 0) is 49.5 Å². The molecule has 0 radical (unpaired) electrons. The molecule has 3 heterocycles. The summed E-state index contributed by atoms with van der Waals surface area (Å²) in [5.41, 5.74) is 3.76. The highest BCUT2D eigenvalue weighted by atomic mass is 32.1. The number of aromatic nitrogens is 1. The molecule has 2 aliphatic heterocycles. The Bertz CT molecular complexity index is 945. The zero-order valence-corrected chi connectivity index (χ0v) is 16.9. The first-order chi connectivity index (χ1) is 13.8. The predicted molar refractivity (Wildman–Crippen MR) is 115 cm³/mol. The Hall–Kier alpha value is -2.21. The van der Waals surface area contributed by atoms with Crippen LogP contribution in [0.15, 0.2) is 66.4 Å². The molecule has 4 nitrogen and oxygen atoms in total. The molecule has 3 aromatic rings. The summed E-state index contributed by atoms with van der Waals surface area (Å²) in [4.78, 5) is 4.91. The molecule has 0 bridgehead atoms. The average Bonchev–Trinajstić information content (AvgIpc) is 3.44. The van der Waals surface area contributed by atoms with Crippen molar-refractivity contribution in [3.63, 3.8) is 0 Å². The lowest BCUT2D eigenvalue weighted by molar-refractivity contribution is 0.0785. The minimum Gasteiger partial charge on any atom is -0.378 e. The number of benzene rings is 2. The first-order valence-electron chi connectivity index (χ1n) is 10.0. The minimum atomic E-state index is 0.343. The van der Waals surface area contributed by atoms with Gasteiger partial charge in [-0.3, -0.25) is 5.01 Å². The lowest BCUT2D eigenvalue weighted by Gasteiger charge is -2.33. The van der Waals surface area contributed by atoms with Crippen molar-refractivity contribution in [2.45, 2.75) is 44.9 Å². The molecule has 2 aromatic carbocycles. The van der Waals surface area contributed by atoms with Crippen LogP contribution in [0.5, 0.6) is 0 Å². The van der Waals surface area contributed by atoms with E-state index in [1.165, 1.54) is 28.7 Å². The number of anilines is 1. The number of hydrogen-bond donors (Lipinski definition) is 0. The Kier molecular flexibility index (Phi) is 4.89. The summed E-state index contributed by atoms with van der Waals surface area (Å²) >= 11 is 1.75. The van der Waals surface area contributed by atoms with Gasteiger partial charge in [0.25, 0.3) is 0 Å². The summed E-state index contributed by atoms with van der Waals surface area (Å²) in [5, 5.41) is 5.77. The summed E-state index contributed by atoms with van der Waals surface area (Å²) in [6.07, 6.45) is 6.02. The largest absolute Gasteiger partial charge is 0.378 e. The molecule has 5 rings (SSSR count). The van der Waals surface area contributed by atoms with E-state index >= 15 is 0 Å². The van der Waals surface area contributed by atoms with E-state index in [2.05, 4.69) is 77.7 Å². The van der Waals surface area contributed by atoms with Crippen molar-refractivity contribution in [1.82, 2.24) is 9.99 Å². The van der Waals surface area contributed by atoms with Crippen molar-refractivity contribution in [2.24, 2.45) is 0 Å². The molecule has 28 heavy (non-hydrogen) atoms. The van der Waals surface area contributed by atoms with Crippen LogP contribution in [-0.4, -0.2) is 28.7 Å². The van der Waals surface area contributed by atoms with Crippen LogP contribution in [0, 0.1) is 0 Å². The summed E-state index contributed by atoms with van der Waals surface area (Å²) in [7, 11) is 0. The SMILES string of the molecule is CC1=CN(c2nc3ccccc3s2)N(Cc2ccccc2)C1CC1CCCO1. The lowest BCUT2D eigenvalue weighted by Crippen LogP contribution is -2.42. The number of hydrazine groups is 1. The van der Waals surface area contributed by atoms with E-state index < -0.39 is 0 Å². The van der Waals surface area contributed by atoms with E-state index in [4.69, 9.17) is 9.72 Å². The first-order valence-corrected chi connectivity index (χ1v) is 10.8. The van der Waals surface area contributed by atoms with Crippen LogP contribution < -0.4 is 5.01 Å². The van der Waals surface area contributed by atoms with Crippen molar-refractivity contribution < 1.29 is 4.74 Å². The zero-order valence-electron chi connectivity index (χ0n) is 16.1. The number of nitrogens with zero attached hydrogens (tertiary/aromatic N) is 3. The standard InChI is InChI=1S/C23H25N3OS/c1-17-15-26(23-24-20-11-5-6-12-22(20)28-23)25(16-18-8-3-2-4-9-18)21(17)14-19-10-7-13-27-19/h2-6,8-9,11-12,15,19,21H,7,10,13-14,16H2,1H3. The maximum absolute atomic E-state index is 5.97. The number of para-hydroxylation sites is 1. The number of thiazole rings is 1. The van der Waals surface area contributed by atoms with Gasteiger partial charge in [0.15, 0.2) is 0 Å². The fraction of sp³-hybridized carbons (Fsp3) is 0.348. The predicted octanol–water partition coefficient (Wildman–Crippen LogP) is 5.38. The highest BCUT2D eigenvalue weighted by molar-refractivity contribution is 7.22. The topological polar surface area (TPSA) is 28.6 Å². The van der Waals surface area contributed by atoms with Gasteiger partial charge in [0.1, 0.15) is 0 Å². The summed E-state index contributed by atoms with van der Waals surface area (Å²) in [6.45, 7) is 4.01. The van der Waals surface area contributed by atoms with Gasteiger partial charge >= 0.3 is 0 Å². The average molecular weight is 392 g/mol.